The van der Waals surface area contributed by atoms with Crippen molar-refractivity contribution in [1.82, 2.24) is 4.90 Å². The second-order valence-corrected chi connectivity index (χ2v) is 5.15. The van der Waals surface area contributed by atoms with Crippen LogP contribution in [-0.2, 0) is 4.79 Å². The molecule has 1 aromatic rings. The second-order valence-electron chi connectivity index (χ2n) is 5.15. The monoisotopic (exact) mass is 298 g/mol. The number of carbonyl (C=O) groups excluding carboxylic acids is 1. The highest BCUT2D eigenvalue weighted by Gasteiger charge is 2.26. The van der Waals surface area contributed by atoms with Crippen LogP contribution in [0.4, 0.5) is 8.78 Å². The van der Waals surface area contributed by atoms with Crippen molar-refractivity contribution in [2.75, 3.05) is 19.7 Å². The van der Waals surface area contributed by atoms with E-state index < -0.39 is 11.6 Å². The summed E-state index contributed by atoms with van der Waals surface area (Å²) in [5.74, 6) is -1.31. The van der Waals surface area contributed by atoms with Crippen LogP contribution < -0.4 is 10.5 Å². The van der Waals surface area contributed by atoms with Gasteiger partial charge in [-0.2, -0.15) is 0 Å². The molecule has 6 heteroatoms. The zero-order chi connectivity index (χ0) is 15.2. The molecule has 1 atom stereocenters. The van der Waals surface area contributed by atoms with Crippen molar-refractivity contribution in [3.8, 4) is 5.75 Å². The van der Waals surface area contributed by atoms with Crippen LogP contribution in [0.3, 0.4) is 0 Å². The third kappa shape index (κ3) is 4.14. The molecule has 0 aliphatic carbocycles. The lowest BCUT2D eigenvalue weighted by atomic mass is 10.2. The van der Waals surface area contributed by atoms with E-state index in [9.17, 15) is 13.6 Å². The molecule has 1 saturated heterocycles. The van der Waals surface area contributed by atoms with Gasteiger partial charge >= 0.3 is 0 Å². The fraction of sp³-hybridized carbons (Fsp3) is 0.533. The van der Waals surface area contributed by atoms with Crippen LogP contribution in [0.1, 0.15) is 25.7 Å². The van der Waals surface area contributed by atoms with Crippen molar-refractivity contribution >= 4 is 5.91 Å². The Morgan fingerprint density at radius 1 is 1.43 bits per heavy atom. The van der Waals surface area contributed by atoms with E-state index >= 15 is 0 Å². The molecule has 0 spiro atoms. The van der Waals surface area contributed by atoms with Gasteiger partial charge in [0.15, 0.2) is 11.6 Å². The number of nitrogens with zero attached hydrogens (tertiary/aromatic N) is 1. The molecular weight excluding hydrogens is 278 g/mol. The summed E-state index contributed by atoms with van der Waals surface area (Å²) in [5.41, 5.74) is 5.63. The quantitative estimate of drug-likeness (QED) is 0.818. The van der Waals surface area contributed by atoms with E-state index in [1.807, 2.05) is 4.90 Å². The number of carbonyl (C=O) groups is 1. The summed E-state index contributed by atoms with van der Waals surface area (Å²) in [6.07, 6.45) is 2.78. The molecule has 1 aliphatic heterocycles. The zero-order valence-corrected chi connectivity index (χ0v) is 11.9. The first-order valence-electron chi connectivity index (χ1n) is 7.19. The van der Waals surface area contributed by atoms with E-state index in [1.165, 1.54) is 6.07 Å². The Labute approximate surface area is 122 Å². The molecule has 116 valence electrons. The minimum atomic E-state index is -0.732. The summed E-state index contributed by atoms with van der Waals surface area (Å²) in [5, 5.41) is 0. The number of halogens is 2. The average Bonchev–Trinajstić information content (AvgIpc) is 2.93. The third-order valence-electron chi connectivity index (χ3n) is 3.66. The van der Waals surface area contributed by atoms with Crippen LogP contribution in [0.2, 0.25) is 0 Å². The third-order valence-corrected chi connectivity index (χ3v) is 3.66. The van der Waals surface area contributed by atoms with Crippen molar-refractivity contribution in [2.24, 2.45) is 5.73 Å². The molecule has 0 saturated carbocycles. The first kappa shape index (κ1) is 15.7. The van der Waals surface area contributed by atoms with Crippen LogP contribution in [0.25, 0.3) is 0 Å². The Balaban J connectivity index is 1.73. The van der Waals surface area contributed by atoms with Gasteiger partial charge in [0.1, 0.15) is 5.82 Å². The predicted molar refractivity (Wildman–Crippen MR) is 74.9 cm³/mol. The largest absolute Gasteiger partial charge is 0.491 e. The smallest absolute Gasteiger partial charge is 0.222 e. The molecule has 4 nitrogen and oxygen atoms in total. The topological polar surface area (TPSA) is 55.6 Å². The van der Waals surface area contributed by atoms with Gasteiger partial charge in [-0.25, -0.2) is 8.78 Å². The number of hydrogen-bond donors (Lipinski definition) is 1. The number of likely N-dealkylation sites (tertiary alicyclic amines) is 1. The number of benzene rings is 1. The lowest BCUT2D eigenvalue weighted by Gasteiger charge is -2.23. The van der Waals surface area contributed by atoms with E-state index in [0.29, 0.717) is 19.4 Å². The van der Waals surface area contributed by atoms with Gasteiger partial charge in [-0.05, 0) is 31.4 Å². The molecule has 2 N–H and O–H groups in total. The fourth-order valence-electron chi connectivity index (χ4n) is 2.55. The number of hydrogen-bond acceptors (Lipinski definition) is 3. The minimum absolute atomic E-state index is 0.00450. The lowest BCUT2D eigenvalue weighted by Crippen LogP contribution is -2.39. The fourth-order valence-corrected chi connectivity index (χ4v) is 2.55. The summed E-state index contributed by atoms with van der Waals surface area (Å²) >= 11 is 0. The summed E-state index contributed by atoms with van der Waals surface area (Å²) in [4.78, 5) is 13.8. The van der Waals surface area contributed by atoms with E-state index in [4.69, 9.17) is 10.5 Å². The van der Waals surface area contributed by atoms with Gasteiger partial charge in [0.25, 0.3) is 0 Å². The molecule has 21 heavy (non-hydrogen) atoms. The van der Waals surface area contributed by atoms with Crippen LogP contribution in [0, 0.1) is 11.6 Å². The van der Waals surface area contributed by atoms with Gasteiger partial charge in [-0.1, -0.05) is 0 Å². The Bertz CT molecular complexity index is 497. The van der Waals surface area contributed by atoms with E-state index in [0.717, 1.165) is 31.5 Å². The standard InChI is InChI=1S/C15H20F2N2O2/c16-11-5-6-14(13(17)9-11)21-8-2-4-15(20)19-7-1-3-12(19)10-18/h5-6,9,12H,1-4,7-8,10,18H2/t12-/m0/s1. The molecule has 0 aromatic heterocycles. The Hall–Kier alpha value is -1.69. The summed E-state index contributed by atoms with van der Waals surface area (Å²) < 4.78 is 31.3. The molecule has 0 unspecified atom stereocenters. The molecule has 0 bridgehead atoms. The van der Waals surface area contributed by atoms with E-state index in [1.54, 1.807) is 0 Å². The van der Waals surface area contributed by atoms with Crippen molar-refractivity contribution in [3.05, 3.63) is 29.8 Å². The molecule has 1 fully saturated rings. The SMILES string of the molecule is NC[C@@H]1CCCN1C(=O)CCCOc1ccc(F)cc1F. The van der Waals surface area contributed by atoms with Gasteiger partial charge in [-0.3, -0.25) is 4.79 Å². The van der Waals surface area contributed by atoms with Crippen molar-refractivity contribution in [2.45, 2.75) is 31.7 Å². The highest BCUT2D eigenvalue weighted by molar-refractivity contribution is 5.76. The Morgan fingerprint density at radius 3 is 2.95 bits per heavy atom. The van der Waals surface area contributed by atoms with E-state index in [-0.39, 0.29) is 24.3 Å². The number of rotatable bonds is 6. The molecular formula is C15H20F2N2O2. The molecule has 1 amide bonds. The average molecular weight is 298 g/mol. The molecule has 2 rings (SSSR count). The van der Waals surface area contributed by atoms with Crippen molar-refractivity contribution < 1.29 is 18.3 Å². The predicted octanol–water partition coefficient (Wildman–Crippen LogP) is 2.07. The molecule has 1 aromatic carbocycles. The number of nitrogens with two attached hydrogens (primary N) is 1. The van der Waals surface area contributed by atoms with Crippen molar-refractivity contribution in [1.29, 1.82) is 0 Å². The first-order valence-corrected chi connectivity index (χ1v) is 7.19. The minimum Gasteiger partial charge on any atom is -0.491 e. The van der Waals surface area contributed by atoms with Gasteiger partial charge in [0.2, 0.25) is 5.91 Å². The van der Waals surface area contributed by atoms with E-state index in [2.05, 4.69) is 0 Å². The summed E-state index contributed by atoms with van der Waals surface area (Å²) in [6.45, 7) is 1.46. The van der Waals surface area contributed by atoms with Crippen molar-refractivity contribution in [3.63, 3.8) is 0 Å². The van der Waals surface area contributed by atoms with Crippen LogP contribution in [-0.4, -0.2) is 36.5 Å². The molecule has 0 radical (unpaired) electrons. The maximum absolute atomic E-state index is 13.3. The van der Waals surface area contributed by atoms with Gasteiger partial charge in [0.05, 0.1) is 6.61 Å². The van der Waals surface area contributed by atoms with Gasteiger partial charge in [-0.15, -0.1) is 0 Å². The lowest BCUT2D eigenvalue weighted by molar-refractivity contribution is -0.132. The number of ether oxygens (including phenoxy) is 1. The normalized spacial score (nSPS) is 18.0. The zero-order valence-electron chi connectivity index (χ0n) is 11.9. The Morgan fingerprint density at radius 2 is 2.24 bits per heavy atom. The molecule has 1 heterocycles. The van der Waals surface area contributed by atoms with Crippen LogP contribution in [0.5, 0.6) is 5.75 Å². The number of amides is 1. The first-order chi connectivity index (χ1) is 10.1. The maximum atomic E-state index is 13.3. The van der Waals surface area contributed by atoms with Gasteiger partial charge in [0, 0.05) is 31.6 Å². The maximum Gasteiger partial charge on any atom is 0.222 e. The molecule has 1 aliphatic rings. The Kier molecular flexibility index (Phi) is 5.50. The van der Waals surface area contributed by atoms with Crippen LogP contribution >= 0.6 is 0 Å². The highest BCUT2D eigenvalue weighted by atomic mass is 19.1. The summed E-state index contributed by atoms with van der Waals surface area (Å²) in [7, 11) is 0. The second kappa shape index (κ2) is 7.36. The summed E-state index contributed by atoms with van der Waals surface area (Å²) in [6, 6.07) is 3.31. The highest BCUT2D eigenvalue weighted by Crippen LogP contribution is 2.19. The van der Waals surface area contributed by atoms with Crippen LogP contribution in [0.15, 0.2) is 18.2 Å². The van der Waals surface area contributed by atoms with Gasteiger partial charge < -0.3 is 15.4 Å².